The van der Waals surface area contributed by atoms with Crippen molar-refractivity contribution in [2.24, 2.45) is 0 Å². The Bertz CT molecular complexity index is 1250. The van der Waals surface area contributed by atoms with Gasteiger partial charge in [-0.3, -0.25) is 4.79 Å². The molecule has 1 aliphatic heterocycles. The van der Waals surface area contributed by atoms with Gasteiger partial charge in [0.05, 0.1) is 17.9 Å². The summed E-state index contributed by atoms with van der Waals surface area (Å²) in [6.45, 7) is 7.95. The lowest BCUT2D eigenvalue weighted by atomic mass is 10.2. The Balaban J connectivity index is 1.56. The summed E-state index contributed by atoms with van der Waals surface area (Å²) in [4.78, 5) is 43.0. The molecule has 1 unspecified atom stereocenters. The van der Waals surface area contributed by atoms with E-state index in [2.05, 4.69) is 25.3 Å². The molecule has 1 atom stereocenters. The Kier molecular flexibility index (Phi) is 7.80. The minimum atomic E-state index is -0.568. The first kappa shape index (κ1) is 25.8. The molecule has 1 N–H and O–H groups in total. The van der Waals surface area contributed by atoms with Crippen LogP contribution in [-0.2, 0) is 9.53 Å². The summed E-state index contributed by atoms with van der Waals surface area (Å²) in [7, 11) is 0. The number of rotatable bonds is 7. The first-order valence-corrected chi connectivity index (χ1v) is 12.0. The largest absolute Gasteiger partial charge is 0.444 e. The van der Waals surface area contributed by atoms with Crippen molar-refractivity contribution in [1.82, 2.24) is 24.8 Å². The van der Waals surface area contributed by atoms with Crippen LogP contribution in [0, 0.1) is 0 Å². The van der Waals surface area contributed by atoms with E-state index in [1.54, 1.807) is 47.8 Å². The van der Waals surface area contributed by atoms with E-state index in [4.69, 9.17) is 14.2 Å². The summed E-state index contributed by atoms with van der Waals surface area (Å²) >= 11 is 0. The summed E-state index contributed by atoms with van der Waals surface area (Å²) in [6.07, 6.45) is 7.68. The average molecular weight is 507 g/mol. The van der Waals surface area contributed by atoms with E-state index in [-0.39, 0.29) is 18.0 Å². The lowest BCUT2D eigenvalue weighted by Gasteiger charge is -2.28. The minimum absolute atomic E-state index is 0.0704. The predicted octanol–water partition coefficient (Wildman–Crippen LogP) is 4.46. The van der Waals surface area contributed by atoms with Crippen LogP contribution in [0.25, 0.3) is 11.3 Å². The number of carbonyl (C=O) groups is 2. The highest BCUT2D eigenvalue weighted by Crippen LogP contribution is 2.31. The van der Waals surface area contributed by atoms with Gasteiger partial charge in [-0.15, -0.1) is 0 Å². The molecule has 1 aliphatic rings. The quantitative estimate of drug-likeness (QED) is 0.362. The van der Waals surface area contributed by atoms with Gasteiger partial charge < -0.3 is 24.4 Å². The number of benzene rings is 1. The number of ether oxygens (including phenoxy) is 3. The molecule has 37 heavy (non-hydrogen) atoms. The molecule has 1 saturated heterocycles. The zero-order valence-electron chi connectivity index (χ0n) is 21.3. The zero-order valence-corrected chi connectivity index (χ0v) is 21.3. The fraction of sp³-hybridized carbons (Fsp3) is 0.385. The third-order valence-corrected chi connectivity index (χ3v) is 5.39. The first-order chi connectivity index (χ1) is 17.7. The highest BCUT2D eigenvalue weighted by Gasteiger charge is 2.32. The lowest BCUT2D eigenvalue weighted by molar-refractivity contribution is -0.131. The number of aromatic nitrogens is 4. The monoisotopic (exact) mass is 506 g/mol. The van der Waals surface area contributed by atoms with Gasteiger partial charge in [0.2, 0.25) is 0 Å². The van der Waals surface area contributed by atoms with Crippen molar-refractivity contribution in [2.45, 2.75) is 52.2 Å². The van der Waals surface area contributed by atoms with Crippen LogP contribution in [0.2, 0.25) is 0 Å². The van der Waals surface area contributed by atoms with Gasteiger partial charge in [-0.1, -0.05) is 6.07 Å². The topological polar surface area (TPSA) is 129 Å². The lowest BCUT2D eigenvalue weighted by Crippen LogP contribution is -2.42. The second kappa shape index (κ2) is 11.2. The van der Waals surface area contributed by atoms with Gasteiger partial charge in [-0.25, -0.2) is 24.7 Å². The Morgan fingerprint density at radius 2 is 1.89 bits per heavy atom. The van der Waals surface area contributed by atoms with E-state index in [0.717, 1.165) is 12.8 Å². The van der Waals surface area contributed by atoms with E-state index in [0.29, 0.717) is 41.7 Å². The SMILES string of the molecule is CC(=O)Oc1cccc(Oc2nc(-c3cncnc3)cnc2NCC2CCCN2C(=O)OC(C)(C)C)c1. The maximum Gasteiger partial charge on any atom is 0.410 e. The van der Waals surface area contributed by atoms with Gasteiger partial charge in [0, 0.05) is 44.0 Å². The normalized spacial score (nSPS) is 15.2. The van der Waals surface area contributed by atoms with Gasteiger partial charge in [-0.2, -0.15) is 0 Å². The summed E-state index contributed by atoms with van der Waals surface area (Å²) in [6, 6.07) is 6.60. The van der Waals surface area contributed by atoms with Crippen LogP contribution >= 0.6 is 0 Å². The van der Waals surface area contributed by atoms with Gasteiger partial charge >= 0.3 is 12.1 Å². The molecule has 11 nitrogen and oxygen atoms in total. The molecule has 4 rings (SSSR count). The van der Waals surface area contributed by atoms with E-state index < -0.39 is 11.6 Å². The molecule has 3 heterocycles. The summed E-state index contributed by atoms with van der Waals surface area (Å²) in [5.74, 6) is 0.932. The molecule has 3 aromatic rings. The van der Waals surface area contributed by atoms with Crippen molar-refractivity contribution in [2.75, 3.05) is 18.4 Å². The third kappa shape index (κ3) is 7.12. The van der Waals surface area contributed by atoms with E-state index >= 15 is 0 Å². The molecule has 0 bridgehead atoms. The number of nitrogens with one attached hydrogen (secondary N) is 1. The van der Waals surface area contributed by atoms with Crippen molar-refractivity contribution in [3.63, 3.8) is 0 Å². The fourth-order valence-corrected chi connectivity index (χ4v) is 3.84. The molecule has 1 fully saturated rings. The van der Waals surface area contributed by atoms with Crippen molar-refractivity contribution in [1.29, 1.82) is 0 Å². The molecule has 0 spiro atoms. The van der Waals surface area contributed by atoms with Crippen molar-refractivity contribution >= 4 is 17.9 Å². The number of esters is 1. The number of anilines is 1. The highest BCUT2D eigenvalue weighted by atomic mass is 16.6. The Labute approximate surface area is 215 Å². The number of hydrogen-bond acceptors (Lipinski definition) is 10. The van der Waals surface area contributed by atoms with Crippen molar-refractivity contribution < 1.29 is 23.8 Å². The number of hydrogen-bond donors (Lipinski definition) is 1. The van der Waals surface area contributed by atoms with Crippen LogP contribution in [0.15, 0.2) is 49.2 Å². The van der Waals surface area contributed by atoms with Crippen LogP contribution in [0.5, 0.6) is 17.4 Å². The van der Waals surface area contributed by atoms with Crippen LogP contribution in [0.3, 0.4) is 0 Å². The summed E-state index contributed by atoms with van der Waals surface area (Å²) in [5.41, 5.74) is 0.627. The third-order valence-electron chi connectivity index (χ3n) is 5.39. The van der Waals surface area contributed by atoms with Gasteiger partial charge in [0.15, 0.2) is 5.82 Å². The predicted molar refractivity (Wildman–Crippen MR) is 135 cm³/mol. The Hall–Kier alpha value is -4.28. The number of nitrogens with zero attached hydrogens (tertiary/aromatic N) is 5. The Morgan fingerprint density at radius 3 is 2.62 bits per heavy atom. The molecular weight excluding hydrogens is 476 g/mol. The molecule has 11 heteroatoms. The van der Waals surface area contributed by atoms with Gasteiger partial charge in [-0.05, 0) is 45.7 Å². The second-order valence-electron chi connectivity index (χ2n) is 9.56. The maximum absolute atomic E-state index is 12.7. The Morgan fingerprint density at radius 1 is 1.14 bits per heavy atom. The van der Waals surface area contributed by atoms with Gasteiger partial charge in [0.25, 0.3) is 5.88 Å². The maximum atomic E-state index is 12.7. The summed E-state index contributed by atoms with van der Waals surface area (Å²) in [5, 5.41) is 3.28. The number of likely N-dealkylation sites (tertiary alicyclic amines) is 1. The van der Waals surface area contributed by atoms with Gasteiger partial charge in [0.1, 0.15) is 23.4 Å². The standard InChI is InChI=1S/C26H30N6O5/c1-17(33)35-20-8-5-9-21(11-20)36-24-23(30-15-22(31-24)18-12-27-16-28-13-18)29-14-19-7-6-10-32(19)25(34)37-26(2,3)4/h5,8-9,11-13,15-16,19H,6-7,10,14H2,1-4H3,(H,29,30). The highest BCUT2D eigenvalue weighted by molar-refractivity contribution is 5.70. The fourth-order valence-electron chi connectivity index (χ4n) is 3.84. The smallest absolute Gasteiger partial charge is 0.410 e. The van der Waals surface area contributed by atoms with E-state index in [9.17, 15) is 9.59 Å². The van der Waals surface area contributed by atoms with E-state index in [1.165, 1.54) is 13.3 Å². The summed E-state index contributed by atoms with van der Waals surface area (Å²) < 4.78 is 16.8. The van der Waals surface area contributed by atoms with Crippen molar-refractivity contribution in [3.05, 3.63) is 49.2 Å². The molecular formula is C26H30N6O5. The average Bonchev–Trinajstić information content (AvgIpc) is 3.31. The number of carbonyl (C=O) groups excluding carboxylic acids is 2. The molecule has 0 radical (unpaired) electrons. The van der Waals surface area contributed by atoms with Crippen LogP contribution in [0.4, 0.5) is 10.6 Å². The minimum Gasteiger partial charge on any atom is -0.444 e. The van der Waals surface area contributed by atoms with E-state index in [1.807, 2.05) is 20.8 Å². The first-order valence-electron chi connectivity index (χ1n) is 12.0. The van der Waals surface area contributed by atoms with Crippen LogP contribution < -0.4 is 14.8 Å². The second-order valence-corrected chi connectivity index (χ2v) is 9.56. The van der Waals surface area contributed by atoms with Crippen LogP contribution in [0.1, 0.15) is 40.5 Å². The zero-order chi connectivity index (χ0) is 26.4. The molecule has 0 aliphatic carbocycles. The molecule has 1 amide bonds. The molecule has 0 saturated carbocycles. The molecule has 2 aromatic heterocycles. The van der Waals surface area contributed by atoms with Crippen LogP contribution in [-0.4, -0.2) is 61.6 Å². The molecule has 1 aromatic carbocycles. The van der Waals surface area contributed by atoms with Crippen molar-refractivity contribution in [3.8, 4) is 28.6 Å². The molecule has 194 valence electrons. The number of amides is 1.